The van der Waals surface area contributed by atoms with E-state index >= 15 is 0 Å². The minimum Gasteiger partial charge on any atom is -0.392 e. The molecule has 0 spiro atoms. The number of rotatable bonds is 5. The van der Waals surface area contributed by atoms with Crippen LogP contribution in [0.3, 0.4) is 0 Å². The first-order valence-corrected chi connectivity index (χ1v) is 7.73. The topological polar surface area (TPSA) is 50.3 Å². The summed E-state index contributed by atoms with van der Waals surface area (Å²) in [6.07, 6.45) is 0.869. The van der Waals surface area contributed by atoms with Crippen LogP contribution in [-0.2, 0) is 20.0 Å². The van der Waals surface area contributed by atoms with Crippen LogP contribution in [0.25, 0.3) is 0 Å². The van der Waals surface area contributed by atoms with Gasteiger partial charge in [-0.05, 0) is 6.42 Å². The molecule has 1 aromatic rings. The van der Waals surface area contributed by atoms with Crippen LogP contribution in [0.2, 0.25) is 5.02 Å². The molecule has 112 valence electrons. The van der Waals surface area contributed by atoms with Gasteiger partial charge in [-0.2, -0.15) is 5.10 Å². The lowest BCUT2D eigenvalue weighted by atomic mass is 10.2. The van der Waals surface area contributed by atoms with Crippen LogP contribution in [0, 0.1) is 0 Å². The van der Waals surface area contributed by atoms with E-state index in [1.165, 1.54) is 0 Å². The fourth-order valence-corrected chi connectivity index (χ4v) is 3.07. The molecule has 1 aliphatic heterocycles. The number of hydrogen-bond acceptors (Lipinski definition) is 4. The molecule has 2 heterocycles. The maximum atomic E-state index is 6.39. The first-order valence-electron chi connectivity index (χ1n) is 6.94. The predicted molar refractivity (Wildman–Crippen MR) is 86.1 cm³/mol. The molecule has 1 fully saturated rings. The Bertz CT molecular complexity index is 479. The molecule has 5 nitrogen and oxygen atoms in total. The van der Waals surface area contributed by atoms with E-state index < -0.39 is 0 Å². The van der Waals surface area contributed by atoms with Gasteiger partial charge in [0.1, 0.15) is 0 Å². The molecule has 0 radical (unpaired) electrons. The summed E-state index contributed by atoms with van der Waals surface area (Å²) in [5.41, 5.74) is 7.67. The van der Waals surface area contributed by atoms with Crippen molar-refractivity contribution >= 4 is 28.8 Å². The van der Waals surface area contributed by atoms with E-state index in [4.69, 9.17) is 29.6 Å². The van der Waals surface area contributed by atoms with Gasteiger partial charge in [-0.25, -0.2) is 0 Å². The molecule has 1 aromatic heterocycles. The Kier molecular flexibility index (Phi) is 5.37. The van der Waals surface area contributed by atoms with Crippen molar-refractivity contribution in [2.75, 3.05) is 32.7 Å². The van der Waals surface area contributed by atoms with Crippen LogP contribution in [0.15, 0.2) is 0 Å². The Morgan fingerprint density at radius 3 is 2.40 bits per heavy atom. The van der Waals surface area contributed by atoms with Crippen LogP contribution in [0.4, 0.5) is 0 Å². The normalized spacial score (nSPS) is 17.6. The molecule has 1 saturated heterocycles. The van der Waals surface area contributed by atoms with Gasteiger partial charge in [-0.3, -0.25) is 14.5 Å². The third kappa shape index (κ3) is 3.69. The average molecular weight is 316 g/mol. The zero-order valence-corrected chi connectivity index (χ0v) is 13.7. The third-order valence-electron chi connectivity index (χ3n) is 3.72. The van der Waals surface area contributed by atoms with Crippen LogP contribution < -0.4 is 5.73 Å². The molecule has 0 bridgehead atoms. The Morgan fingerprint density at radius 1 is 1.30 bits per heavy atom. The maximum absolute atomic E-state index is 6.39. The van der Waals surface area contributed by atoms with Crippen LogP contribution in [0.5, 0.6) is 0 Å². The molecule has 0 atom stereocenters. The van der Waals surface area contributed by atoms with E-state index in [1.54, 1.807) is 0 Å². The number of halogens is 1. The van der Waals surface area contributed by atoms with E-state index in [0.29, 0.717) is 4.99 Å². The molecule has 0 amide bonds. The van der Waals surface area contributed by atoms with Crippen molar-refractivity contribution in [2.45, 2.75) is 19.9 Å². The number of thiocarbonyl (C=S) groups is 1. The molecular weight excluding hydrogens is 294 g/mol. The van der Waals surface area contributed by atoms with Gasteiger partial charge in [-0.15, -0.1) is 0 Å². The highest BCUT2D eigenvalue weighted by molar-refractivity contribution is 7.80. The van der Waals surface area contributed by atoms with Crippen LogP contribution in [0.1, 0.15) is 18.3 Å². The highest BCUT2D eigenvalue weighted by Crippen LogP contribution is 2.22. The zero-order valence-electron chi connectivity index (χ0n) is 12.1. The van der Waals surface area contributed by atoms with Gasteiger partial charge in [0.25, 0.3) is 0 Å². The summed E-state index contributed by atoms with van der Waals surface area (Å²) in [6.45, 7) is 7.64. The molecule has 0 aromatic carbocycles. The second-order valence-corrected chi connectivity index (χ2v) is 6.11. The first kappa shape index (κ1) is 15.7. The van der Waals surface area contributed by atoms with Crippen LogP contribution in [-0.4, -0.2) is 57.3 Å². The lowest BCUT2D eigenvalue weighted by Crippen LogP contribution is -2.48. The summed E-state index contributed by atoms with van der Waals surface area (Å²) in [5.74, 6) is 0. The quantitative estimate of drug-likeness (QED) is 0.823. The molecule has 2 rings (SSSR count). The van der Waals surface area contributed by atoms with E-state index in [1.807, 2.05) is 11.7 Å². The van der Waals surface area contributed by atoms with Crippen molar-refractivity contribution in [1.82, 2.24) is 19.6 Å². The Morgan fingerprint density at radius 2 is 1.90 bits per heavy atom. The van der Waals surface area contributed by atoms with Gasteiger partial charge in [0, 0.05) is 46.3 Å². The molecule has 0 aliphatic carbocycles. The fraction of sp³-hybridized carbons (Fsp3) is 0.692. The number of nitrogens with two attached hydrogens (primary N) is 1. The van der Waals surface area contributed by atoms with Gasteiger partial charge in [0.05, 0.1) is 21.4 Å². The lowest BCUT2D eigenvalue weighted by molar-refractivity contribution is 0.138. The monoisotopic (exact) mass is 315 g/mol. The summed E-state index contributed by atoms with van der Waals surface area (Å²) in [4.78, 5) is 5.26. The second-order valence-electron chi connectivity index (χ2n) is 5.20. The summed E-state index contributed by atoms with van der Waals surface area (Å²) >= 11 is 11.3. The number of hydrogen-bond donors (Lipinski definition) is 1. The molecule has 0 unspecified atom stereocenters. The van der Waals surface area contributed by atoms with Crippen molar-refractivity contribution in [1.29, 1.82) is 0 Å². The molecule has 0 saturated carbocycles. The van der Waals surface area contributed by atoms with Gasteiger partial charge in [-0.1, -0.05) is 30.7 Å². The number of piperazine rings is 1. The molecule has 2 N–H and O–H groups in total. The highest BCUT2D eigenvalue weighted by atomic mass is 35.5. The largest absolute Gasteiger partial charge is 0.392 e. The molecule has 1 aliphatic rings. The van der Waals surface area contributed by atoms with Gasteiger partial charge in [0.2, 0.25) is 0 Å². The maximum Gasteiger partial charge on any atom is 0.0870 e. The standard InChI is InChI=1S/C13H22ClN5S/c1-3-10-13(14)11(17(2)16-10)8-18-4-6-19(7-5-18)9-12(15)20/h3-9H2,1-2H3,(H2,15,20). The zero-order chi connectivity index (χ0) is 14.7. The second kappa shape index (κ2) is 6.85. The Hall–Kier alpha value is -0.690. The van der Waals surface area contributed by atoms with E-state index in [0.717, 1.165) is 62.1 Å². The smallest absolute Gasteiger partial charge is 0.0870 e. The minimum absolute atomic E-state index is 0.570. The third-order valence-corrected chi connectivity index (χ3v) is 4.29. The van der Waals surface area contributed by atoms with E-state index in [9.17, 15) is 0 Å². The summed E-state index contributed by atoms with van der Waals surface area (Å²) in [6, 6.07) is 0. The Labute approximate surface area is 130 Å². The molecule has 20 heavy (non-hydrogen) atoms. The van der Waals surface area contributed by atoms with Crippen molar-refractivity contribution in [3.05, 3.63) is 16.4 Å². The summed E-state index contributed by atoms with van der Waals surface area (Å²) < 4.78 is 1.91. The van der Waals surface area contributed by atoms with Gasteiger partial charge >= 0.3 is 0 Å². The highest BCUT2D eigenvalue weighted by Gasteiger charge is 2.20. The number of aryl methyl sites for hydroxylation is 2. The van der Waals surface area contributed by atoms with Crippen molar-refractivity contribution in [2.24, 2.45) is 12.8 Å². The van der Waals surface area contributed by atoms with Crippen LogP contribution >= 0.6 is 23.8 Å². The van der Waals surface area contributed by atoms with Crippen molar-refractivity contribution < 1.29 is 0 Å². The average Bonchev–Trinajstić information content (AvgIpc) is 2.67. The van der Waals surface area contributed by atoms with Gasteiger partial charge in [0.15, 0.2) is 0 Å². The van der Waals surface area contributed by atoms with E-state index in [2.05, 4.69) is 21.8 Å². The van der Waals surface area contributed by atoms with Crippen molar-refractivity contribution in [3.63, 3.8) is 0 Å². The SMILES string of the molecule is CCc1nn(C)c(CN2CCN(CC(N)=S)CC2)c1Cl. The number of aromatic nitrogens is 2. The van der Waals surface area contributed by atoms with E-state index in [-0.39, 0.29) is 0 Å². The van der Waals surface area contributed by atoms with Gasteiger partial charge < -0.3 is 5.73 Å². The lowest BCUT2D eigenvalue weighted by Gasteiger charge is -2.34. The molecular formula is C13H22ClN5S. The fourth-order valence-electron chi connectivity index (χ4n) is 2.53. The first-order chi connectivity index (χ1) is 9.51. The predicted octanol–water partition coefficient (Wildman–Crippen LogP) is 1.04. The van der Waals surface area contributed by atoms with Crippen molar-refractivity contribution in [3.8, 4) is 0 Å². The summed E-state index contributed by atoms with van der Waals surface area (Å²) in [7, 11) is 1.96. The number of nitrogens with zero attached hydrogens (tertiary/aromatic N) is 4. The summed E-state index contributed by atoms with van der Waals surface area (Å²) in [5, 5.41) is 5.28. The Balaban J connectivity index is 1.93. The molecule has 7 heteroatoms. The minimum atomic E-state index is 0.570.